The van der Waals surface area contributed by atoms with Crippen molar-refractivity contribution in [2.45, 2.75) is 25.5 Å². The molecule has 0 bridgehead atoms. The van der Waals surface area contributed by atoms with Gasteiger partial charge in [-0.15, -0.1) is 0 Å². The molecule has 2 aliphatic heterocycles. The lowest BCUT2D eigenvalue weighted by atomic mass is 9.93. The predicted octanol–water partition coefficient (Wildman–Crippen LogP) is 3.54. The molecule has 5 rings (SSSR count). The second kappa shape index (κ2) is 9.49. The molecule has 0 aliphatic carbocycles. The molecule has 1 saturated heterocycles. The highest BCUT2D eigenvalue weighted by molar-refractivity contribution is 7.07. The molecule has 0 radical (unpaired) electrons. The molecule has 8 heteroatoms. The number of nitrogens with zero attached hydrogens (tertiary/aromatic N) is 4. The Hall–Kier alpha value is -2.97. The number of rotatable bonds is 5. The number of thiophene rings is 1. The summed E-state index contributed by atoms with van der Waals surface area (Å²) in [5, 5.41) is 4.16. The third-order valence-electron chi connectivity index (χ3n) is 6.52. The summed E-state index contributed by atoms with van der Waals surface area (Å²) in [6.45, 7) is 2.76. The minimum atomic E-state index is -0.199. The Balaban J connectivity index is 1.29. The van der Waals surface area contributed by atoms with Crippen molar-refractivity contribution in [1.82, 2.24) is 19.4 Å². The maximum absolute atomic E-state index is 13.3. The van der Waals surface area contributed by atoms with Crippen LogP contribution >= 0.6 is 11.3 Å². The molecular formula is C25H28N4O3S. The van der Waals surface area contributed by atoms with Gasteiger partial charge in [0.1, 0.15) is 11.9 Å². The summed E-state index contributed by atoms with van der Waals surface area (Å²) in [6, 6.07) is 10.1. The molecule has 0 unspecified atom stereocenters. The molecule has 1 aromatic carbocycles. The van der Waals surface area contributed by atoms with Crippen LogP contribution in [0.2, 0.25) is 0 Å². The number of benzene rings is 1. The number of likely N-dealkylation sites (tertiary alicyclic amines) is 1. The highest BCUT2D eigenvalue weighted by atomic mass is 32.1. The first-order valence-corrected chi connectivity index (χ1v) is 12.3. The molecule has 1 amide bonds. The summed E-state index contributed by atoms with van der Waals surface area (Å²) in [6.07, 6.45) is 4.92. The van der Waals surface area contributed by atoms with Crippen LogP contribution < -0.4 is 4.74 Å². The number of para-hydroxylation sites is 1. The fourth-order valence-electron chi connectivity index (χ4n) is 4.73. The van der Waals surface area contributed by atoms with Gasteiger partial charge in [-0.25, -0.2) is 4.98 Å². The summed E-state index contributed by atoms with van der Waals surface area (Å²) in [7, 11) is 1.83. The van der Waals surface area contributed by atoms with Crippen LogP contribution in [0.4, 0.5) is 0 Å². The molecule has 0 N–H and O–H groups in total. The minimum absolute atomic E-state index is 0.0228. The van der Waals surface area contributed by atoms with E-state index in [4.69, 9.17) is 4.74 Å². The summed E-state index contributed by atoms with van der Waals surface area (Å²) in [5.74, 6) is 1.23. The van der Waals surface area contributed by atoms with Crippen LogP contribution in [0.15, 0.2) is 53.5 Å². The lowest BCUT2D eigenvalue weighted by Gasteiger charge is -2.33. The van der Waals surface area contributed by atoms with Crippen LogP contribution in [0, 0.1) is 5.92 Å². The lowest BCUT2D eigenvalue weighted by Crippen LogP contribution is -2.47. The lowest BCUT2D eigenvalue weighted by molar-refractivity contribution is -0.134. The van der Waals surface area contributed by atoms with E-state index in [1.165, 1.54) is 0 Å². The maximum Gasteiger partial charge on any atom is 0.236 e. The van der Waals surface area contributed by atoms with Gasteiger partial charge < -0.3 is 14.2 Å². The van der Waals surface area contributed by atoms with Crippen LogP contribution in [0.25, 0.3) is 0 Å². The summed E-state index contributed by atoms with van der Waals surface area (Å²) in [4.78, 5) is 34.5. The Morgan fingerprint density at radius 3 is 2.88 bits per heavy atom. The molecule has 172 valence electrons. The van der Waals surface area contributed by atoms with E-state index in [0.29, 0.717) is 38.5 Å². The topological polar surface area (TPSA) is 67.7 Å². The quantitative estimate of drug-likeness (QED) is 0.541. The summed E-state index contributed by atoms with van der Waals surface area (Å²) >= 11 is 1.65. The third kappa shape index (κ3) is 4.72. The number of Topliss-reactive ketones (excluding diaryl/α,β-unsaturated/α-hetero) is 1. The van der Waals surface area contributed by atoms with Crippen molar-refractivity contribution < 1.29 is 14.3 Å². The molecule has 2 aromatic heterocycles. The van der Waals surface area contributed by atoms with Gasteiger partial charge >= 0.3 is 0 Å². The Bertz CT molecular complexity index is 1130. The van der Waals surface area contributed by atoms with E-state index in [-0.39, 0.29) is 23.7 Å². The zero-order chi connectivity index (χ0) is 22.8. The monoisotopic (exact) mass is 464 g/mol. The summed E-state index contributed by atoms with van der Waals surface area (Å²) in [5.41, 5.74) is 2.22. The summed E-state index contributed by atoms with van der Waals surface area (Å²) < 4.78 is 8.10. The fraction of sp³-hybridized carbons (Fsp3) is 0.400. The number of carbonyl (C=O) groups excluding carboxylic acids is 2. The Kier molecular flexibility index (Phi) is 6.28. The van der Waals surface area contributed by atoms with E-state index >= 15 is 0 Å². The number of ether oxygens (including phenoxy) is 1. The van der Waals surface area contributed by atoms with Gasteiger partial charge in [0, 0.05) is 62.7 Å². The number of ketones is 1. The Labute approximate surface area is 197 Å². The van der Waals surface area contributed by atoms with Crippen LogP contribution in [-0.4, -0.2) is 57.2 Å². The van der Waals surface area contributed by atoms with Crippen LogP contribution in [0.3, 0.4) is 0 Å². The van der Waals surface area contributed by atoms with Crippen LogP contribution in [-0.2, 0) is 18.4 Å². The molecule has 33 heavy (non-hydrogen) atoms. The van der Waals surface area contributed by atoms with Gasteiger partial charge in [-0.05, 0) is 35.7 Å². The molecule has 0 saturated carbocycles. The van der Waals surface area contributed by atoms with Gasteiger partial charge in [0.05, 0.1) is 6.54 Å². The van der Waals surface area contributed by atoms with E-state index in [1.807, 2.05) is 30.1 Å². The predicted molar refractivity (Wildman–Crippen MR) is 126 cm³/mol. The van der Waals surface area contributed by atoms with Gasteiger partial charge in [-0.3, -0.25) is 14.5 Å². The van der Waals surface area contributed by atoms with E-state index in [1.54, 1.807) is 28.3 Å². The number of aryl methyl sites for hydroxylation is 1. The number of imidazole rings is 1. The largest absolute Gasteiger partial charge is 0.484 e. The Morgan fingerprint density at radius 2 is 2.09 bits per heavy atom. The van der Waals surface area contributed by atoms with Crippen molar-refractivity contribution >= 4 is 23.0 Å². The zero-order valence-electron chi connectivity index (χ0n) is 18.7. The number of hydrogen-bond donors (Lipinski definition) is 0. The SMILES string of the molecule is Cn1ccnc1C(=O)[C@@H]1CCCN(C(=O)CN2Cc3ccccc3O[C@H](c3ccsc3)C2)C1. The van der Waals surface area contributed by atoms with Crippen molar-refractivity contribution in [3.63, 3.8) is 0 Å². The van der Waals surface area contributed by atoms with E-state index in [2.05, 4.69) is 32.8 Å². The maximum atomic E-state index is 13.3. The first kappa shape index (κ1) is 21.9. The normalized spacial score (nSPS) is 21.2. The number of amides is 1. The van der Waals surface area contributed by atoms with Crippen molar-refractivity contribution in [2.75, 3.05) is 26.2 Å². The molecule has 4 heterocycles. The third-order valence-corrected chi connectivity index (χ3v) is 7.22. The molecular weight excluding hydrogens is 436 g/mol. The van der Waals surface area contributed by atoms with Gasteiger partial charge in [-0.2, -0.15) is 11.3 Å². The van der Waals surface area contributed by atoms with Crippen LogP contribution in [0.1, 0.15) is 40.7 Å². The van der Waals surface area contributed by atoms with Gasteiger partial charge in [0.15, 0.2) is 5.82 Å². The molecule has 0 spiro atoms. The minimum Gasteiger partial charge on any atom is -0.484 e. The van der Waals surface area contributed by atoms with Crippen molar-refractivity contribution in [3.8, 4) is 5.75 Å². The number of aromatic nitrogens is 2. The second-order valence-electron chi connectivity index (χ2n) is 8.85. The standard InChI is InChI=1S/C25H28N4O3S/c1-27-11-9-26-25(27)24(31)19-6-4-10-29(14-19)23(30)16-28-13-18-5-2-3-7-21(18)32-22(15-28)20-8-12-33-17-20/h2-3,5,7-9,11-12,17,19,22H,4,6,10,13-16H2,1H3/t19-,22+/m1/s1. The molecule has 3 aromatic rings. The average molecular weight is 465 g/mol. The van der Waals surface area contributed by atoms with Gasteiger partial charge in [-0.1, -0.05) is 18.2 Å². The van der Waals surface area contributed by atoms with E-state index in [9.17, 15) is 9.59 Å². The number of piperidine rings is 1. The second-order valence-corrected chi connectivity index (χ2v) is 9.63. The molecule has 2 atom stereocenters. The van der Waals surface area contributed by atoms with Crippen molar-refractivity contribution in [2.24, 2.45) is 13.0 Å². The van der Waals surface area contributed by atoms with E-state index in [0.717, 1.165) is 29.7 Å². The number of carbonyl (C=O) groups is 2. The zero-order valence-corrected chi connectivity index (χ0v) is 19.5. The fourth-order valence-corrected chi connectivity index (χ4v) is 5.43. The number of hydrogen-bond acceptors (Lipinski definition) is 6. The number of fused-ring (bicyclic) bond motifs is 1. The first-order chi connectivity index (χ1) is 16.1. The average Bonchev–Trinajstić information content (AvgIpc) is 3.48. The molecule has 7 nitrogen and oxygen atoms in total. The van der Waals surface area contributed by atoms with Crippen molar-refractivity contribution in [1.29, 1.82) is 0 Å². The van der Waals surface area contributed by atoms with Crippen molar-refractivity contribution in [3.05, 3.63) is 70.4 Å². The highest BCUT2D eigenvalue weighted by Crippen LogP contribution is 2.32. The Morgan fingerprint density at radius 1 is 1.21 bits per heavy atom. The first-order valence-electron chi connectivity index (χ1n) is 11.4. The van der Waals surface area contributed by atoms with Crippen LogP contribution in [0.5, 0.6) is 5.75 Å². The highest BCUT2D eigenvalue weighted by Gasteiger charge is 2.32. The van der Waals surface area contributed by atoms with E-state index < -0.39 is 0 Å². The molecule has 1 fully saturated rings. The van der Waals surface area contributed by atoms with Gasteiger partial charge in [0.25, 0.3) is 0 Å². The smallest absolute Gasteiger partial charge is 0.236 e. The molecule has 2 aliphatic rings. The van der Waals surface area contributed by atoms with Gasteiger partial charge in [0.2, 0.25) is 11.7 Å².